The molecule has 7 nitrogen and oxygen atoms in total. The third-order valence-electron chi connectivity index (χ3n) is 4.76. The Morgan fingerprint density at radius 2 is 1.90 bits per heavy atom. The summed E-state index contributed by atoms with van der Waals surface area (Å²) in [7, 11) is -3.66. The molecule has 0 unspecified atom stereocenters. The summed E-state index contributed by atoms with van der Waals surface area (Å²) in [6, 6.07) is 13.5. The van der Waals surface area contributed by atoms with Gasteiger partial charge in [-0.2, -0.15) is 9.41 Å². The maximum atomic E-state index is 12.7. The average molecular weight is 459 g/mol. The van der Waals surface area contributed by atoms with Crippen LogP contribution in [0.1, 0.15) is 35.3 Å². The summed E-state index contributed by atoms with van der Waals surface area (Å²) < 4.78 is 26.7. The van der Waals surface area contributed by atoms with Crippen LogP contribution in [-0.2, 0) is 10.0 Å². The van der Waals surface area contributed by atoms with E-state index < -0.39 is 15.9 Å². The molecule has 0 bridgehead atoms. The number of hydrogen-bond acceptors (Lipinski definition) is 5. The lowest BCUT2D eigenvalue weighted by molar-refractivity contribution is 0.0955. The number of aromatic nitrogens is 1. The molecule has 3 aromatic rings. The third-order valence-corrected chi connectivity index (χ3v) is 7.11. The normalized spacial score (nSPS) is 12.0. The second-order valence-corrected chi connectivity index (χ2v) is 9.18. The fraction of sp³-hybridized carbons (Fsp3) is 0.227. The van der Waals surface area contributed by atoms with Crippen molar-refractivity contribution in [2.24, 2.45) is 5.10 Å². The monoisotopic (exact) mass is 458 g/mol. The number of aryl methyl sites for hydroxylation is 1. The number of carbonyl (C=O) groups excluding carboxylic acids is 1. The number of halogens is 1. The summed E-state index contributed by atoms with van der Waals surface area (Å²) in [5.74, 6) is -0.534. The molecule has 0 spiro atoms. The Balaban J connectivity index is 1.78. The molecule has 1 aromatic heterocycles. The molecule has 0 saturated carbocycles. The van der Waals surface area contributed by atoms with Crippen molar-refractivity contribution in [1.29, 1.82) is 0 Å². The summed E-state index contributed by atoms with van der Waals surface area (Å²) in [4.78, 5) is 16.9. The van der Waals surface area contributed by atoms with Gasteiger partial charge in [0.2, 0.25) is 10.0 Å². The van der Waals surface area contributed by atoms with E-state index in [0.29, 0.717) is 18.7 Å². The predicted octanol–water partition coefficient (Wildman–Crippen LogP) is 3.99. The minimum atomic E-state index is -3.66. The number of hydrazone groups is 1. The first kappa shape index (κ1) is 22.9. The lowest BCUT2D eigenvalue weighted by atomic mass is 10.1. The molecule has 1 amide bonds. The molecule has 31 heavy (non-hydrogen) atoms. The summed E-state index contributed by atoms with van der Waals surface area (Å²) >= 11 is 6.23. The molecule has 0 aliphatic carbocycles. The van der Waals surface area contributed by atoms with Crippen LogP contribution in [0.2, 0.25) is 5.15 Å². The van der Waals surface area contributed by atoms with Gasteiger partial charge in [-0.25, -0.2) is 18.8 Å². The molecule has 1 N–H and O–H groups in total. The molecule has 0 aliphatic rings. The molecule has 9 heteroatoms. The fourth-order valence-corrected chi connectivity index (χ4v) is 4.79. The van der Waals surface area contributed by atoms with Crippen LogP contribution in [0, 0.1) is 6.92 Å². The lowest BCUT2D eigenvalue weighted by Crippen LogP contribution is -2.30. The molecule has 0 fully saturated rings. The van der Waals surface area contributed by atoms with Crippen molar-refractivity contribution in [2.45, 2.75) is 25.7 Å². The van der Waals surface area contributed by atoms with Crippen LogP contribution in [-0.4, -0.2) is 42.9 Å². The predicted molar refractivity (Wildman–Crippen MR) is 123 cm³/mol. The zero-order valence-corrected chi connectivity index (χ0v) is 19.0. The maximum Gasteiger partial charge on any atom is 0.271 e. The molecule has 0 aliphatic heterocycles. The van der Waals surface area contributed by atoms with Gasteiger partial charge < -0.3 is 0 Å². The van der Waals surface area contributed by atoms with E-state index in [2.05, 4.69) is 15.5 Å². The van der Waals surface area contributed by atoms with Crippen LogP contribution in [0.3, 0.4) is 0 Å². The number of nitrogens with one attached hydrogen (secondary N) is 1. The SMILES string of the molecule is CCN(CC)S(=O)(=O)c1cccc(C(=O)N/N=C/c2cc3ccc(C)cc3nc2Cl)c1. The number of rotatable bonds is 7. The van der Waals surface area contributed by atoms with E-state index in [-0.39, 0.29) is 15.6 Å². The van der Waals surface area contributed by atoms with Crippen molar-refractivity contribution in [2.75, 3.05) is 13.1 Å². The zero-order valence-electron chi connectivity index (χ0n) is 17.5. The van der Waals surface area contributed by atoms with Crippen molar-refractivity contribution in [3.05, 3.63) is 70.4 Å². The Bertz CT molecular complexity index is 1250. The maximum absolute atomic E-state index is 12.7. The Hall–Kier alpha value is -2.81. The highest BCUT2D eigenvalue weighted by molar-refractivity contribution is 7.89. The van der Waals surface area contributed by atoms with Gasteiger partial charge in [0.15, 0.2) is 0 Å². The Kier molecular flexibility index (Phi) is 7.04. The van der Waals surface area contributed by atoms with Crippen LogP contribution in [0.15, 0.2) is 58.5 Å². The zero-order chi connectivity index (χ0) is 22.6. The quantitative estimate of drug-likeness (QED) is 0.329. The second-order valence-electron chi connectivity index (χ2n) is 6.88. The van der Waals surface area contributed by atoms with Gasteiger partial charge in [-0.05, 0) is 42.8 Å². The fourth-order valence-electron chi connectivity index (χ4n) is 3.10. The van der Waals surface area contributed by atoms with Crippen LogP contribution in [0.4, 0.5) is 0 Å². The third kappa shape index (κ3) is 5.10. The molecule has 2 aromatic carbocycles. The van der Waals surface area contributed by atoms with Crippen LogP contribution in [0.5, 0.6) is 0 Å². The van der Waals surface area contributed by atoms with Crippen LogP contribution in [0.25, 0.3) is 10.9 Å². The molecule has 0 atom stereocenters. The minimum absolute atomic E-state index is 0.0601. The van der Waals surface area contributed by atoms with Crippen molar-refractivity contribution >= 4 is 44.6 Å². The molecular formula is C22H23ClN4O3S. The van der Waals surface area contributed by atoms with Crippen molar-refractivity contribution in [1.82, 2.24) is 14.7 Å². The van der Waals surface area contributed by atoms with Crippen molar-refractivity contribution < 1.29 is 13.2 Å². The first-order valence-corrected chi connectivity index (χ1v) is 11.6. The van der Waals surface area contributed by atoms with E-state index in [1.54, 1.807) is 13.8 Å². The largest absolute Gasteiger partial charge is 0.271 e. The van der Waals surface area contributed by atoms with Crippen LogP contribution < -0.4 is 5.43 Å². The number of carbonyl (C=O) groups is 1. The standard InChI is InChI=1S/C22H23ClN4O3S/c1-4-27(5-2)31(29,30)19-8-6-7-17(13-19)22(28)26-24-14-18-12-16-10-9-15(3)11-20(16)25-21(18)23/h6-14H,4-5H2,1-3H3,(H,26,28)/b24-14+. The van der Waals surface area contributed by atoms with E-state index in [0.717, 1.165) is 16.5 Å². The van der Waals surface area contributed by atoms with Gasteiger partial charge in [0.1, 0.15) is 5.15 Å². The summed E-state index contributed by atoms with van der Waals surface area (Å²) in [6.45, 7) is 6.20. The van der Waals surface area contributed by atoms with Crippen LogP contribution >= 0.6 is 11.6 Å². The Morgan fingerprint density at radius 1 is 1.16 bits per heavy atom. The van der Waals surface area contributed by atoms with Gasteiger partial charge in [0.25, 0.3) is 5.91 Å². The van der Waals surface area contributed by atoms with Crippen molar-refractivity contribution in [3.63, 3.8) is 0 Å². The molecular weight excluding hydrogens is 436 g/mol. The molecule has 1 heterocycles. The van der Waals surface area contributed by atoms with Gasteiger partial charge in [-0.3, -0.25) is 4.79 Å². The number of sulfonamides is 1. The van der Waals surface area contributed by atoms with E-state index in [1.807, 2.05) is 31.2 Å². The molecule has 162 valence electrons. The summed E-state index contributed by atoms with van der Waals surface area (Å²) in [6.07, 6.45) is 1.41. The highest BCUT2D eigenvalue weighted by atomic mass is 35.5. The Morgan fingerprint density at radius 3 is 2.61 bits per heavy atom. The molecule has 0 saturated heterocycles. The van der Waals surface area contributed by atoms with Crippen molar-refractivity contribution in [3.8, 4) is 0 Å². The number of nitrogens with zero attached hydrogens (tertiary/aromatic N) is 3. The minimum Gasteiger partial charge on any atom is -0.267 e. The van der Waals surface area contributed by atoms with Gasteiger partial charge in [-0.1, -0.05) is 43.6 Å². The summed E-state index contributed by atoms with van der Waals surface area (Å²) in [5.41, 5.74) is 4.99. The van der Waals surface area contributed by atoms with Gasteiger partial charge >= 0.3 is 0 Å². The second kappa shape index (κ2) is 9.55. The first-order valence-electron chi connectivity index (χ1n) is 9.76. The van der Waals surface area contributed by atoms with E-state index in [1.165, 1.54) is 34.8 Å². The highest BCUT2D eigenvalue weighted by Gasteiger charge is 2.22. The van der Waals surface area contributed by atoms with Gasteiger partial charge in [0, 0.05) is 29.6 Å². The molecule has 3 rings (SSSR count). The summed E-state index contributed by atoms with van der Waals surface area (Å²) in [5, 5.41) is 5.12. The lowest BCUT2D eigenvalue weighted by Gasteiger charge is -2.18. The number of pyridine rings is 1. The van der Waals surface area contributed by atoms with E-state index >= 15 is 0 Å². The van der Waals surface area contributed by atoms with Gasteiger partial charge in [0.05, 0.1) is 16.6 Å². The number of fused-ring (bicyclic) bond motifs is 1. The van der Waals surface area contributed by atoms with E-state index in [4.69, 9.17) is 11.6 Å². The number of hydrogen-bond donors (Lipinski definition) is 1. The number of amides is 1. The number of benzene rings is 2. The first-order chi connectivity index (χ1) is 14.8. The highest BCUT2D eigenvalue weighted by Crippen LogP contribution is 2.20. The Labute approximate surface area is 186 Å². The average Bonchev–Trinajstić information content (AvgIpc) is 2.75. The van der Waals surface area contributed by atoms with Gasteiger partial charge in [-0.15, -0.1) is 0 Å². The molecule has 0 radical (unpaired) electrons. The van der Waals surface area contributed by atoms with E-state index in [9.17, 15) is 13.2 Å². The smallest absolute Gasteiger partial charge is 0.267 e. The topological polar surface area (TPSA) is 91.7 Å².